The van der Waals surface area contributed by atoms with Crippen LogP contribution in [0.2, 0.25) is 0 Å². The van der Waals surface area contributed by atoms with Crippen LogP contribution < -0.4 is 0 Å². The second-order valence-corrected chi connectivity index (χ2v) is 3.33. The van der Waals surface area contributed by atoms with Crippen LogP contribution in [0.15, 0.2) is 54.1 Å². The molecule has 0 aliphatic rings. The van der Waals surface area contributed by atoms with Crippen molar-refractivity contribution < 1.29 is 5.11 Å². The van der Waals surface area contributed by atoms with Crippen molar-refractivity contribution in [2.24, 2.45) is 0 Å². The monoisotopic (exact) mass is 188 g/mol. The van der Waals surface area contributed by atoms with Gasteiger partial charge in [-0.1, -0.05) is 43.0 Å². The van der Waals surface area contributed by atoms with E-state index < -0.39 is 0 Å². The van der Waals surface area contributed by atoms with Gasteiger partial charge in [0.05, 0.1) is 6.61 Å². The van der Waals surface area contributed by atoms with Crippen LogP contribution in [0.25, 0.3) is 0 Å². The molecule has 0 saturated carbocycles. The summed E-state index contributed by atoms with van der Waals surface area (Å²) in [6.07, 6.45) is 2.66. The first-order valence-electron chi connectivity index (χ1n) is 4.73. The molecule has 0 atom stereocenters. The van der Waals surface area contributed by atoms with Gasteiger partial charge in [-0.05, 0) is 30.1 Å². The van der Waals surface area contributed by atoms with Crippen molar-refractivity contribution in [1.29, 1.82) is 0 Å². The summed E-state index contributed by atoms with van der Waals surface area (Å²) in [5.74, 6) is 0. The topological polar surface area (TPSA) is 20.2 Å². The van der Waals surface area contributed by atoms with Crippen LogP contribution in [0.3, 0.4) is 0 Å². The molecule has 0 spiro atoms. The third kappa shape index (κ3) is 2.86. The van der Waals surface area contributed by atoms with Crippen LogP contribution >= 0.6 is 0 Å². The van der Waals surface area contributed by atoms with E-state index in [9.17, 15) is 0 Å². The van der Waals surface area contributed by atoms with Crippen molar-refractivity contribution in [1.82, 2.24) is 0 Å². The Morgan fingerprint density at radius 3 is 2.50 bits per heavy atom. The first-order valence-corrected chi connectivity index (χ1v) is 4.73. The van der Waals surface area contributed by atoms with Gasteiger partial charge in [0.2, 0.25) is 0 Å². The summed E-state index contributed by atoms with van der Waals surface area (Å²) in [6.45, 7) is 5.79. The van der Waals surface area contributed by atoms with Crippen molar-refractivity contribution in [3.8, 4) is 0 Å². The van der Waals surface area contributed by atoms with Gasteiger partial charge >= 0.3 is 0 Å². The summed E-state index contributed by atoms with van der Waals surface area (Å²) in [5.41, 5.74) is 3.35. The van der Waals surface area contributed by atoms with Crippen molar-refractivity contribution >= 4 is 0 Å². The van der Waals surface area contributed by atoms with Crippen LogP contribution in [0.4, 0.5) is 0 Å². The smallest absolute Gasteiger partial charge is 0.0644 e. The van der Waals surface area contributed by atoms with Crippen LogP contribution in [0, 0.1) is 0 Å². The lowest BCUT2D eigenvalue weighted by Crippen LogP contribution is -1.95. The van der Waals surface area contributed by atoms with Gasteiger partial charge in [-0.2, -0.15) is 0 Å². The van der Waals surface area contributed by atoms with E-state index in [0.717, 1.165) is 17.6 Å². The molecule has 0 unspecified atom stereocenters. The van der Waals surface area contributed by atoms with E-state index in [1.807, 2.05) is 31.2 Å². The van der Waals surface area contributed by atoms with Gasteiger partial charge in [0.15, 0.2) is 0 Å². The van der Waals surface area contributed by atoms with E-state index in [1.54, 1.807) is 0 Å². The molecule has 0 aromatic heterocycles. The minimum absolute atomic E-state index is 0.105. The first kappa shape index (κ1) is 10.7. The molecule has 0 radical (unpaired) electrons. The second-order valence-electron chi connectivity index (χ2n) is 3.33. The molecule has 0 aliphatic carbocycles. The van der Waals surface area contributed by atoms with Gasteiger partial charge in [0.1, 0.15) is 0 Å². The lowest BCUT2D eigenvalue weighted by molar-refractivity contribution is 0.330. The number of rotatable bonds is 4. The molecule has 0 fully saturated rings. The molecule has 74 valence electrons. The van der Waals surface area contributed by atoms with Gasteiger partial charge in [-0.25, -0.2) is 0 Å². The molecular weight excluding hydrogens is 172 g/mol. The Labute approximate surface area is 85.4 Å². The molecule has 1 heteroatoms. The first-order chi connectivity index (χ1) is 6.77. The fraction of sp³-hybridized carbons (Fsp3) is 0.231. The molecule has 1 aromatic rings. The summed E-state index contributed by atoms with van der Waals surface area (Å²) in [5, 5.41) is 9.01. The second kappa shape index (κ2) is 5.40. The normalized spacial score (nSPS) is 12.1. The van der Waals surface area contributed by atoms with Crippen molar-refractivity contribution in [2.75, 3.05) is 6.61 Å². The Bertz CT molecular complexity index is 322. The third-order valence-electron chi connectivity index (χ3n) is 2.27. The fourth-order valence-corrected chi connectivity index (χ4v) is 1.31. The number of aliphatic hydroxyl groups is 1. The van der Waals surface area contributed by atoms with Crippen LogP contribution in [0.5, 0.6) is 0 Å². The van der Waals surface area contributed by atoms with Crippen LogP contribution in [-0.4, -0.2) is 11.7 Å². The van der Waals surface area contributed by atoms with Gasteiger partial charge in [-0.3, -0.25) is 0 Å². The lowest BCUT2D eigenvalue weighted by Gasteiger charge is -2.06. The van der Waals surface area contributed by atoms with E-state index >= 15 is 0 Å². The summed E-state index contributed by atoms with van der Waals surface area (Å²) in [4.78, 5) is 0. The molecule has 14 heavy (non-hydrogen) atoms. The molecular formula is C13H16O. The third-order valence-corrected chi connectivity index (χ3v) is 2.27. The van der Waals surface area contributed by atoms with Crippen LogP contribution in [0.1, 0.15) is 12.5 Å². The molecule has 1 aromatic carbocycles. The lowest BCUT2D eigenvalue weighted by atomic mass is 10.0. The zero-order chi connectivity index (χ0) is 10.4. The predicted molar refractivity (Wildman–Crippen MR) is 60.1 cm³/mol. The van der Waals surface area contributed by atoms with E-state index in [-0.39, 0.29) is 6.61 Å². The predicted octanol–water partition coefficient (Wildman–Crippen LogP) is 2.72. The number of hydrogen-bond acceptors (Lipinski definition) is 1. The molecule has 0 amide bonds. The number of allylic oxidation sites excluding steroid dienone is 2. The Balaban J connectivity index is 2.82. The highest BCUT2D eigenvalue weighted by Crippen LogP contribution is 2.12. The quantitative estimate of drug-likeness (QED) is 0.720. The fourth-order valence-electron chi connectivity index (χ4n) is 1.31. The van der Waals surface area contributed by atoms with Gasteiger partial charge in [0, 0.05) is 0 Å². The summed E-state index contributed by atoms with van der Waals surface area (Å²) >= 11 is 0. The molecule has 0 aliphatic heterocycles. The van der Waals surface area contributed by atoms with Crippen LogP contribution in [-0.2, 0) is 6.42 Å². The van der Waals surface area contributed by atoms with Gasteiger partial charge in [0.25, 0.3) is 0 Å². The highest BCUT2D eigenvalue weighted by Gasteiger charge is 1.99. The average molecular weight is 188 g/mol. The highest BCUT2D eigenvalue weighted by molar-refractivity contribution is 5.30. The largest absolute Gasteiger partial charge is 0.392 e. The summed E-state index contributed by atoms with van der Waals surface area (Å²) < 4.78 is 0. The maximum atomic E-state index is 9.01. The molecule has 0 bridgehead atoms. The molecule has 1 nitrogen and oxygen atoms in total. The Morgan fingerprint density at radius 2 is 2.00 bits per heavy atom. The summed E-state index contributed by atoms with van der Waals surface area (Å²) in [7, 11) is 0. The zero-order valence-corrected chi connectivity index (χ0v) is 8.53. The van der Waals surface area contributed by atoms with E-state index in [4.69, 9.17) is 5.11 Å². The van der Waals surface area contributed by atoms with Crippen molar-refractivity contribution in [3.05, 3.63) is 59.7 Å². The Morgan fingerprint density at radius 1 is 1.36 bits per heavy atom. The number of hydrogen-bond donors (Lipinski definition) is 1. The molecule has 1 N–H and O–H groups in total. The maximum absolute atomic E-state index is 9.01. The highest BCUT2D eigenvalue weighted by atomic mass is 16.3. The van der Waals surface area contributed by atoms with E-state index in [1.165, 1.54) is 5.56 Å². The SMILES string of the molecule is C=C/C(Cc1ccccc1)=C(/C)CO. The zero-order valence-electron chi connectivity index (χ0n) is 8.53. The molecule has 0 saturated heterocycles. The minimum Gasteiger partial charge on any atom is -0.392 e. The standard InChI is InChI=1S/C13H16O/c1-3-13(11(2)10-14)9-12-7-5-4-6-8-12/h3-8,14H,1,9-10H2,2H3/b13-11+. The molecule has 1 rings (SSSR count). The van der Waals surface area contributed by atoms with E-state index in [2.05, 4.69) is 18.7 Å². The number of aliphatic hydroxyl groups excluding tert-OH is 1. The Hall–Kier alpha value is -1.34. The average Bonchev–Trinajstić information content (AvgIpc) is 2.26. The minimum atomic E-state index is 0.105. The van der Waals surface area contributed by atoms with Gasteiger partial charge in [-0.15, -0.1) is 0 Å². The summed E-state index contributed by atoms with van der Waals surface area (Å²) in [6, 6.07) is 10.2. The van der Waals surface area contributed by atoms with Crippen molar-refractivity contribution in [3.63, 3.8) is 0 Å². The van der Waals surface area contributed by atoms with Crippen molar-refractivity contribution in [2.45, 2.75) is 13.3 Å². The maximum Gasteiger partial charge on any atom is 0.0644 e. The molecule has 0 heterocycles. The van der Waals surface area contributed by atoms with Gasteiger partial charge < -0.3 is 5.11 Å². The Kier molecular flexibility index (Phi) is 4.14. The van der Waals surface area contributed by atoms with E-state index in [0.29, 0.717) is 0 Å². The number of benzene rings is 1.